The van der Waals surface area contributed by atoms with Gasteiger partial charge in [-0.3, -0.25) is 9.69 Å². The number of furan rings is 1. The number of hydrogen-bond donors (Lipinski definition) is 1. The fourth-order valence-electron chi connectivity index (χ4n) is 3.28. The Morgan fingerprint density at radius 2 is 1.93 bits per heavy atom. The summed E-state index contributed by atoms with van der Waals surface area (Å²) >= 11 is 0. The van der Waals surface area contributed by atoms with Crippen LogP contribution in [0, 0.1) is 0 Å². The monoisotopic (exact) mass is 400 g/mol. The van der Waals surface area contributed by atoms with E-state index >= 15 is 0 Å². The van der Waals surface area contributed by atoms with E-state index in [0.717, 1.165) is 51.4 Å². The molecule has 1 N–H and O–H groups in total. The van der Waals surface area contributed by atoms with Gasteiger partial charge in [0.2, 0.25) is 0 Å². The number of rotatable bonds is 10. The first-order chi connectivity index (χ1) is 14.2. The number of nitrogens with one attached hydrogen (secondary N) is 1. The molecule has 1 aliphatic rings. The third kappa shape index (κ3) is 6.61. The molecule has 6 nitrogen and oxygen atoms in total. The Morgan fingerprint density at radius 1 is 1.17 bits per heavy atom. The molecule has 1 atom stereocenters. The molecule has 2 heterocycles. The highest BCUT2D eigenvalue weighted by Gasteiger charge is 2.13. The van der Waals surface area contributed by atoms with Crippen molar-refractivity contribution in [1.82, 2.24) is 10.2 Å². The Morgan fingerprint density at radius 3 is 2.66 bits per heavy atom. The van der Waals surface area contributed by atoms with Crippen molar-refractivity contribution in [2.24, 2.45) is 0 Å². The first-order valence-corrected chi connectivity index (χ1v) is 10.6. The summed E-state index contributed by atoms with van der Waals surface area (Å²) in [6.07, 6.45) is 2.03. The average molecular weight is 401 g/mol. The molecule has 0 aliphatic carbocycles. The smallest absolute Gasteiger partial charge is 0.286 e. The molecule has 1 aromatic carbocycles. The van der Waals surface area contributed by atoms with Crippen LogP contribution in [-0.4, -0.2) is 50.2 Å². The van der Waals surface area contributed by atoms with Gasteiger partial charge in [-0.25, -0.2) is 0 Å². The number of hydrogen-bond acceptors (Lipinski definition) is 5. The summed E-state index contributed by atoms with van der Waals surface area (Å²) in [7, 11) is 0. The summed E-state index contributed by atoms with van der Waals surface area (Å²) in [6.45, 7) is 9.83. The fraction of sp³-hybridized carbons (Fsp3) is 0.522. The fourth-order valence-corrected chi connectivity index (χ4v) is 3.28. The zero-order chi connectivity index (χ0) is 20.5. The SMILES string of the molecule is CCC(C)c1ccc(OCc2ccc(C(=O)NCCCN3CCOCC3)o2)cc1. The summed E-state index contributed by atoms with van der Waals surface area (Å²) in [4.78, 5) is 14.6. The van der Waals surface area contributed by atoms with E-state index < -0.39 is 0 Å². The standard InChI is InChI=1S/C23H32N2O4/c1-3-18(2)19-5-7-20(8-6-19)28-17-21-9-10-22(29-21)23(26)24-11-4-12-25-13-15-27-16-14-25/h5-10,18H,3-4,11-17H2,1-2H3,(H,24,26). The molecular formula is C23H32N2O4. The van der Waals surface area contributed by atoms with Crippen molar-refractivity contribution >= 4 is 5.91 Å². The molecule has 1 unspecified atom stereocenters. The summed E-state index contributed by atoms with van der Waals surface area (Å²) in [5.74, 6) is 2.11. The summed E-state index contributed by atoms with van der Waals surface area (Å²) in [5.41, 5.74) is 1.31. The van der Waals surface area contributed by atoms with Crippen molar-refractivity contribution in [3.63, 3.8) is 0 Å². The minimum absolute atomic E-state index is 0.184. The van der Waals surface area contributed by atoms with Gasteiger partial charge in [-0.05, 0) is 55.1 Å². The summed E-state index contributed by atoms with van der Waals surface area (Å²) < 4.78 is 16.7. The third-order valence-electron chi connectivity index (χ3n) is 5.37. The summed E-state index contributed by atoms with van der Waals surface area (Å²) in [6, 6.07) is 11.6. The van der Waals surface area contributed by atoms with Gasteiger partial charge >= 0.3 is 0 Å². The van der Waals surface area contributed by atoms with Gasteiger partial charge < -0.3 is 19.2 Å². The molecule has 1 aromatic heterocycles. The van der Waals surface area contributed by atoms with Crippen LogP contribution >= 0.6 is 0 Å². The molecule has 1 amide bonds. The van der Waals surface area contributed by atoms with Gasteiger partial charge in [0, 0.05) is 19.6 Å². The summed E-state index contributed by atoms with van der Waals surface area (Å²) in [5, 5.41) is 2.92. The lowest BCUT2D eigenvalue weighted by Gasteiger charge is -2.26. The van der Waals surface area contributed by atoms with E-state index in [4.69, 9.17) is 13.9 Å². The van der Waals surface area contributed by atoms with E-state index in [1.165, 1.54) is 5.56 Å². The number of amides is 1. The zero-order valence-electron chi connectivity index (χ0n) is 17.5. The quantitative estimate of drug-likeness (QED) is 0.614. The van der Waals surface area contributed by atoms with Crippen LogP contribution in [-0.2, 0) is 11.3 Å². The van der Waals surface area contributed by atoms with Crippen molar-refractivity contribution in [3.8, 4) is 5.75 Å². The van der Waals surface area contributed by atoms with Crippen molar-refractivity contribution in [1.29, 1.82) is 0 Å². The Kier molecular flexibility index (Phi) is 8.14. The molecule has 1 aliphatic heterocycles. The van der Waals surface area contributed by atoms with Crippen LogP contribution in [0.2, 0.25) is 0 Å². The number of carbonyl (C=O) groups is 1. The number of morpholine rings is 1. The van der Waals surface area contributed by atoms with Crippen molar-refractivity contribution in [2.75, 3.05) is 39.4 Å². The van der Waals surface area contributed by atoms with Crippen LogP contribution in [0.3, 0.4) is 0 Å². The van der Waals surface area contributed by atoms with Crippen LogP contribution in [0.1, 0.15) is 54.5 Å². The highest BCUT2D eigenvalue weighted by molar-refractivity contribution is 5.91. The second-order valence-electron chi connectivity index (χ2n) is 7.50. The molecule has 0 saturated carbocycles. The predicted molar refractivity (Wildman–Crippen MR) is 112 cm³/mol. The molecule has 6 heteroatoms. The lowest BCUT2D eigenvalue weighted by molar-refractivity contribution is 0.0374. The van der Waals surface area contributed by atoms with Crippen LogP contribution in [0.5, 0.6) is 5.75 Å². The molecule has 0 bridgehead atoms. The third-order valence-corrected chi connectivity index (χ3v) is 5.37. The number of benzene rings is 1. The second-order valence-corrected chi connectivity index (χ2v) is 7.50. The molecule has 158 valence electrons. The molecule has 1 saturated heterocycles. The van der Waals surface area contributed by atoms with Crippen LogP contribution in [0.25, 0.3) is 0 Å². The van der Waals surface area contributed by atoms with Crippen LogP contribution in [0.15, 0.2) is 40.8 Å². The Hall–Kier alpha value is -2.31. The molecule has 0 radical (unpaired) electrons. The Labute approximate surface area is 173 Å². The normalized spacial score (nSPS) is 15.8. The van der Waals surface area contributed by atoms with Gasteiger partial charge in [0.1, 0.15) is 18.1 Å². The predicted octanol–water partition coefficient (Wildman–Crippen LogP) is 3.82. The van der Waals surface area contributed by atoms with E-state index in [9.17, 15) is 4.79 Å². The zero-order valence-corrected chi connectivity index (χ0v) is 17.5. The highest BCUT2D eigenvalue weighted by atomic mass is 16.5. The number of nitrogens with zero attached hydrogens (tertiary/aromatic N) is 1. The van der Waals surface area contributed by atoms with E-state index in [1.807, 2.05) is 12.1 Å². The maximum absolute atomic E-state index is 12.2. The van der Waals surface area contributed by atoms with Gasteiger partial charge in [0.15, 0.2) is 5.76 Å². The van der Waals surface area contributed by atoms with Gasteiger partial charge in [-0.1, -0.05) is 26.0 Å². The van der Waals surface area contributed by atoms with E-state index in [-0.39, 0.29) is 5.91 Å². The van der Waals surface area contributed by atoms with Crippen LogP contribution in [0.4, 0.5) is 0 Å². The minimum Gasteiger partial charge on any atom is -0.486 e. The first kappa shape index (κ1) is 21.4. The van der Waals surface area contributed by atoms with Crippen molar-refractivity contribution < 1.29 is 18.7 Å². The van der Waals surface area contributed by atoms with Gasteiger partial charge in [0.05, 0.1) is 13.2 Å². The lowest BCUT2D eigenvalue weighted by atomic mass is 9.99. The molecule has 29 heavy (non-hydrogen) atoms. The van der Waals surface area contributed by atoms with E-state index in [0.29, 0.717) is 30.6 Å². The molecule has 2 aromatic rings. The minimum atomic E-state index is -0.184. The molecular weight excluding hydrogens is 368 g/mol. The van der Waals surface area contributed by atoms with E-state index in [1.54, 1.807) is 12.1 Å². The van der Waals surface area contributed by atoms with Gasteiger partial charge in [-0.15, -0.1) is 0 Å². The van der Waals surface area contributed by atoms with E-state index in [2.05, 4.69) is 36.2 Å². The molecule has 3 rings (SSSR count). The van der Waals surface area contributed by atoms with Gasteiger partial charge in [-0.2, -0.15) is 0 Å². The number of carbonyl (C=O) groups excluding carboxylic acids is 1. The largest absolute Gasteiger partial charge is 0.486 e. The highest BCUT2D eigenvalue weighted by Crippen LogP contribution is 2.22. The topological polar surface area (TPSA) is 63.9 Å². The first-order valence-electron chi connectivity index (χ1n) is 10.6. The Balaban J connectivity index is 1.38. The van der Waals surface area contributed by atoms with Crippen molar-refractivity contribution in [3.05, 3.63) is 53.5 Å². The van der Waals surface area contributed by atoms with Crippen molar-refractivity contribution in [2.45, 2.75) is 39.2 Å². The second kappa shape index (κ2) is 11.0. The van der Waals surface area contributed by atoms with Crippen LogP contribution < -0.4 is 10.1 Å². The van der Waals surface area contributed by atoms with Gasteiger partial charge in [0.25, 0.3) is 5.91 Å². The molecule has 1 fully saturated rings. The Bertz CT molecular complexity index is 750. The molecule has 0 spiro atoms. The lowest BCUT2D eigenvalue weighted by Crippen LogP contribution is -2.38. The maximum atomic E-state index is 12.2. The number of ether oxygens (including phenoxy) is 2. The average Bonchev–Trinajstić information content (AvgIpc) is 3.25. The maximum Gasteiger partial charge on any atom is 0.286 e.